The van der Waals surface area contributed by atoms with Crippen LogP contribution in [0.25, 0.3) is 0 Å². The first-order valence-corrected chi connectivity index (χ1v) is 23.2. The Labute approximate surface area is 396 Å². The SMILES string of the molecule is CCCC(CC(=O)OCC)C(=O)OCC.CCOC(=O)CC(CCc1ccccc1)C(=O)OCC.CCOC(=O)CC(NCOCCOCNC(CC(=O)OCC)C(=O)OCC)C(=O)OCC. The summed E-state index contributed by atoms with van der Waals surface area (Å²) in [6.45, 7) is 18.1. The lowest BCUT2D eigenvalue weighted by atomic mass is 9.96. The Balaban J connectivity index is 0. The minimum atomic E-state index is -0.884. The van der Waals surface area contributed by atoms with Crippen LogP contribution in [0, 0.1) is 11.8 Å². The highest BCUT2D eigenvalue weighted by Crippen LogP contribution is 2.17. The first kappa shape index (κ1) is 63.9. The molecule has 0 fully saturated rings. The predicted molar refractivity (Wildman–Crippen MR) is 244 cm³/mol. The topological polar surface area (TPSA) is 253 Å². The zero-order valence-electron chi connectivity index (χ0n) is 41.2. The summed E-state index contributed by atoms with van der Waals surface area (Å²) in [5.74, 6) is -4.28. The molecule has 0 saturated carbocycles. The summed E-state index contributed by atoms with van der Waals surface area (Å²) >= 11 is 0. The average molecular weight is 959 g/mol. The number of aryl methyl sites for hydroxylation is 1. The van der Waals surface area contributed by atoms with Crippen molar-refractivity contribution in [2.45, 2.75) is 126 Å². The Morgan fingerprint density at radius 2 is 0.746 bits per heavy atom. The van der Waals surface area contributed by atoms with Crippen molar-refractivity contribution in [2.75, 3.05) is 79.5 Å². The maximum Gasteiger partial charge on any atom is 0.323 e. The Morgan fingerprint density at radius 3 is 1.09 bits per heavy atom. The van der Waals surface area contributed by atoms with Gasteiger partial charge in [-0.25, -0.2) is 0 Å². The molecule has 0 aliphatic carbocycles. The van der Waals surface area contributed by atoms with Gasteiger partial charge in [-0.05, 0) is 80.2 Å². The molecule has 1 aromatic rings. The molecule has 0 aliphatic heterocycles. The van der Waals surface area contributed by atoms with Gasteiger partial charge in [0, 0.05) is 0 Å². The molecular formula is C47H78N2O18. The van der Waals surface area contributed by atoms with Gasteiger partial charge in [-0.3, -0.25) is 49.0 Å². The molecule has 20 nitrogen and oxygen atoms in total. The van der Waals surface area contributed by atoms with Gasteiger partial charge in [0.2, 0.25) is 0 Å². The lowest BCUT2D eigenvalue weighted by molar-refractivity contribution is -0.155. The van der Waals surface area contributed by atoms with Crippen molar-refractivity contribution in [1.29, 1.82) is 0 Å². The van der Waals surface area contributed by atoms with E-state index in [4.69, 9.17) is 47.4 Å². The van der Waals surface area contributed by atoms with Crippen LogP contribution in [0.3, 0.4) is 0 Å². The summed E-state index contributed by atoms with van der Waals surface area (Å²) in [7, 11) is 0. The Kier molecular flexibility index (Phi) is 41.4. The quantitative estimate of drug-likeness (QED) is 0.0416. The predicted octanol–water partition coefficient (Wildman–Crippen LogP) is 4.55. The molecule has 0 heterocycles. The van der Waals surface area contributed by atoms with Crippen molar-refractivity contribution >= 4 is 47.8 Å². The second-order valence-corrected chi connectivity index (χ2v) is 13.9. The van der Waals surface area contributed by atoms with Crippen LogP contribution in [-0.4, -0.2) is 139 Å². The van der Waals surface area contributed by atoms with Gasteiger partial charge in [0.25, 0.3) is 0 Å². The smallest absolute Gasteiger partial charge is 0.323 e. The molecule has 0 aliphatic rings. The van der Waals surface area contributed by atoms with E-state index in [1.807, 2.05) is 37.3 Å². The summed E-state index contributed by atoms with van der Waals surface area (Å²) in [4.78, 5) is 93.1. The molecule has 0 bridgehead atoms. The van der Waals surface area contributed by atoms with Gasteiger partial charge in [-0.15, -0.1) is 0 Å². The Morgan fingerprint density at radius 1 is 0.418 bits per heavy atom. The number of nitrogens with one attached hydrogen (secondary N) is 2. The highest BCUT2D eigenvalue weighted by Gasteiger charge is 2.26. The van der Waals surface area contributed by atoms with Gasteiger partial charge in [0.1, 0.15) is 12.1 Å². The van der Waals surface area contributed by atoms with Crippen molar-refractivity contribution in [3.63, 3.8) is 0 Å². The van der Waals surface area contributed by atoms with E-state index in [0.717, 1.165) is 18.4 Å². The molecule has 4 atom stereocenters. The fourth-order valence-corrected chi connectivity index (χ4v) is 5.62. The van der Waals surface area contributed by atoms with E-state index in [-0.39, 0.29) is 109 Å². The molecule has 0 saturated heterocycles. The normalized spacial score (nSPS) is 12.1. The zero-order valence-corrected chi connectivity index (χ0v) is 41.2. The molecular weight excluding hydrogens is 881 g/mol. The number of hydrogen-bond acceptors (Lipinski definition) is 20. The number of carbonyl (C=O) groups is 8. The minimum Gasteiger partial charge on any atom is -0.466 e. The van der Waals surface area contributed by atoms with Crippen molar-refractivity contribution in [1.82, 2.24) is 10.6 Å². The van der Waals surface area contributed by atoms with E-state index in [9.17, 15) is 38.4 Å². The molecule has 0 radical (unpaired) electrons. The number of rotatable bonds is 34. The van der Waals surface area contributed by atoms with E-state index < -0.39 is 41.9 Å². The first-order valence-electron chi connectivity index (χ1n) is 23.2. The highest BCUT2D eigenvalue weighted by molar-refractivity contribution is 5.83. The molecule has 67 heavy (non-hydrogen) atoms. The fraction of sp³-hybridized carbons (Fsp3) is 0.702. The molecule has 0 aromatic heterocycles. The van der Waals surface area contributed by atoms with Gasteiger partial charge >= 0.3 is 47.8 Å². The van der Waals surface area contributed by atoms with Crippen molar-refractivity contribution in [3.05, 3.63) is 35.9 Å². The summed E-state index contributed by atoms with van der Waals surface area (Å²) in [5, 5.41) is 5.57. The van der Waals surface area contributed by atoms with Gasteiger partial charge < -0.3 is 47.4 Å². The third-order valence-corrected chi connectivity index (χ3v) is 8.67. The van der Waals surface area contributed by atoms with Crippen LogP contribution in [-0.2, 0) is 92.1 Å². The summed E-state index contributed by atoms with van der Waals surface area (Å²) in [6, 6.07) is 8.11. The monoisotopic (exact) mass is 959 g/mol. The lowest BCUT2D eigenvalue weighted by Crippen LogP contribution is -2.42. The van der Waals surface area contributed by atoms with Crippen LogP contribution in [0.2, 0.25) is 0 Å². The van der Waals surface area contributed by atoms with Crippen molar-refractivity contribution in [2.24, 2.45) is 11.8 Å². The standard InChI is InChI=1S/C20H36N2O10.C16H22O4.C11H20O4/c1-5-29-17(23)11-15(19(25)31-7-3)21-13-27-9-10-28-14-22-16(20(26)32-8-4)12-18(24)30-6-2;1-3-19-15(17)12-14(16(18)20-4-2)11-10-13-8-6-5-7-9-13;1-4-7-9(11(13)15-6-3)8-10(12)14-5-2/h15-16,21-22H,5-14H2,1-4H3;5-9,14H,3-4,10-12H2,1-2H3;9H,4-8H2,1-3H3. The van der Waals surface area contributed by atoms with Crippen LogP contribution in [0.1, 0.15) is 113 Å². The molecule has 1 aromatic carbocycles. The molecule has 2 N–H and O–H groups in total. The number of hydrogen-bond donors (Lipinski definition) is 2. The third-order valence-electron chi connectivity index (χ3n) is 8.67. The van der Waals surface area contributed by atoms with E-state index in [2.05, 4.69) is 10.6 Å². The lowest BCUT2D eigenvalue weighted by Gasteiger charge is -2.17. The third kappa shape index (κ3) is 34.7. The maximum atomic E-state index is 11.9. The molecule has 20 heteroatoms. The second-order valence-electron chi connectivity index (χ2n) is 13.9. The molecule has 0 spiro atoms. The minimum absolute atomic E-state index is 0.0199. The van der Waals surface area contributed by atoms with Crippen LogP contribution in [0.4, 0.5) is 0 Å². The number of benzene rings is 1. The number of ether oxygens (including phenoxy) is 10. The van der Waals surface area contributed by atoms with Gasteiger partial charge in [0.15, 0.2) is 0 Å². The van der Waals surface area contributed by atoms with Gasteiger partial charge in [-0.1, -0.05) is 43.7 Å². The van der Waals surface area contributed by atoms with E-state index in [1.165, 1.54) is 0 Å². The van der Waals surface area contributed by atoms with Crippen LogP contribution < -0.4 is 10.6 Å². The van der Waals surface area contributed by atoms with E-state index in [1.54, 1.807) is 55.4 Å². The zero-order chi connectivity index (χ0) is 50.7. The fourth-order valence-electron chi connectivity index (χ4n) is 5.62. The van der Waals surface area contributed by atoms with E-state index in [0.29, 0.717) is 39.3 Å². The summed E-state index contributed by atoms with van der Waals surface area (Å²) in [6.07, 6.45) is 2.70. The molecule has 384 valence electrons. The summed E-state index contributed by atoms with van der Waals surface area (Å²) < 4.78 is 49.8. The first-order chi connectivity index (χ1) is 32.2. The Hall–Kier alpha value is -5.18. The van der Waals surface area contributed by atoms with E-state index >= 15 is 0 Å². The summed E-state index contributed by atoms with van der Waals surface area (Å²) in [5.41, 5.74) is 1.14. The maximum absolute atomic E-state index is 11.9. The van der Waals surface area contributed by atoms with Crippen LogP contribution in [0.5, 0.6) is 0 Å². The largest absolute Gasteiger partial charge is 0.466 e. The number of esters is 8. The van der Waals surface area contributed by atoms with Crippen molar-refractivity contribution < 1.29 is 85.7 Å². The highest BCUT2D eigenvalue weighted by atomic mass is 16.6. The average Bonchev–Trinajstić information content (AvgIpc) is 3.29. The Bertz CT molecular complexity index is 1460. The number of carbonyl (C=O) groups excluding carboxylic acids is 8. The molecule has 1 rings (SSSR count). The van der Waals surface area contributed by atoms with Crippen LogP contribution >= 0.6 is 0 Å². The van der Waals surface area contributed by atoms with Gasteiger partial charge in [0.05, 0.1) is 117 Å². The van der Waals surface area contributed by atoms with Crippen molar-refractivity contribution in [3.8, 4) is 0 Å². The van der Waals surface area contributed by atoms with Crippen LogP contribution in [0.15, 0.2) is 30.3 Å². The second kappa shape index (κ2) is 43.4. The molecule has 4 unspecified atom stereocenters. The van der Waals surface area contributed by atoms with Gasteiger partial charge in [-0.2, -0.15) is 0 Å². The molecule has 0 amide bonds.